The van der Waals surface area contributed by atoms with Crippen molar-refractivity contribution in [2.45, 2.75) is 34.6 Å². The first-order valence-corrected chi connectivity index (χ1v) is 7.07. The molecular formula is C16H25FN2O. The van der Waals surface area contributed by atoms with Crippen molar-refractivity contribution in [1.29, 1.82) is 0 Å². The van der Waals surface area contributed by atoms with Gasteiger partial charge < -0.3 is 11.1 Å². The highest BCUT2D eigenvalue weighted by atomic mass is 19.1. The van der Waals surface area contributed by atoms with Crippen molar-refractivity contribution in [2.24, 2.45) is 17.8 Å². The van der Waals surface area contributed by atoms with Crippen LogP contribution in [0.15, 0.2) is 12.1 Å². The molecule has 0 aliphatic rings. The van der Waals surface area contributed by atoms with E-state index in [9.17, 15) is 9.18 Å². The molecule has 20 heavy (non-hydrogen) atoms. The third kappa shape index (κ3) is 3.95. The summed E-state index contributed by atoms with van der Waals surface area (Å²) in [5, 5.41) is 2.87. The minimum absolute atomic E-state index is 0.275. The zero-order valence-electron chi connectivity index (χ0n) is 13.0. The summed E-state index contributed by atoms with van der Waals surface area (Å²) >= 11 is 0. The zero-order valence-corrected chi connectivity index (χ0v) is 13.0. The number of hydrogen-bond acceptors (Lipinski definition) is 2. The lowest BCUT2D eigenvalue weighted by Crippen LogP contribution is -2.34. The van der Waals surface area contributed by atoms with E-state index >= 15 is 0 Å². The second-order valence-electron chi connectivity index (χ2n) is 6.03. The second kappa shape index (κ2) is 6.73. The molecule has 1 amide bonds. The Kier molecular flexibility index (Phi) is 5.54. The molecule has 0 bridgehead atoms. The number of carbonyl (C=O) groups excluding carboxylic acids is 1. The SMILES string of the molecule is Cc1c(N)cc(C(=O)NCC(C(C)C)C(C)C)cc1F. The van der Waals surface area contributed by atoms with E-state index in [1.807, 2.05) is 0 Å². The van der Waals surface area contributed by atoms with Crippen LogP contribution in [0.3, 0.4) is 0 Å². The van der Waals surface area contributed by atoms with Gasteiger partial charge in [0.25, 0.3) is 5.91 Å². The van der Waals surface area contributed by atoms with E-state index in [0.29, 0.717) is 35.5 Å². The summed E-state index contributed by atoms with van der Waals surface area (Å²) in [6.07, 6.45) is 0. The van der Waals surface area contributed by atoms with Crippen molar-refractivity contribution in [2.75, 3.05) is 12.3 Å². The van der Waals surface area contributed by atoms with E-state index in [2.05, 4.69) is 33.0 Å². The standard InChI is InChI=1S/C16H25FN2O/c1-9(2)13(10(3)4)8-19-16(20)12-6-14(17)11(5)15(18)7-12/h6-7,9-10,13H,8,18H2,1-5H3,(H,19,20). The van der Waals surface area contributed by atoms with Crippen LogP contribution in [0.1, 0.15) is 43.6 Å². The van der Waals surface area contributed by atoms with E-state index in [1.165, 1.54) is 12.1 Å². The summed E-state index contributed by atoms with van der Waals surface area (Å²) < 4.78 is 13.6. The van der Waals surface area contributed by atoms with Crippen molar-refractivity contribution in [3.8, 4) is 0 Å². The molecule has 3 N–H and O–H groups in total. The summed E-state index contributed by atoms with van der Waals surface area (Å²) in [5.41, 5.74) is 6.65. The number of nitrogen functional groups attached to an aromatic ring is 1. The number of halogens is 1. The van der Waals surface area contributed by atoms with Crippen molar-refractivity contribution >= 4 is 11.6 Å². The van der Waals surface area contributed by atoms with Gasteiger partial charge in [0, 0.05) is 23.4 Å². The Balaban J connectivity index is 2.77. The number of carbonyl (C=O) groups is 1. The molecule has 0 radical (unpaired) electrons. The molecule has 1 rings (SSSR count). The van der Waals surface area contributed by atoms with Crippen LogP contribution >= 0.6 is 0 Å². The van der Waals surface area contributed by atoms with Gasteiger partial charge in [-0.15, -0.1) is 0 Å². The van der Waals surface area contributed by atoms with Crippen LogP contribution in [0.2, 0.25) is 0 Å². The Morgan fingerprint density at radius 1 is 1.25 bits per heavy atom. The average Bonchev–Trinajstić information content (AvgIpc) is 2.34. The van der Waals surface area contributed by atoms with Crippen molar-refractivity contribution < 1.29 is 9.18 Å². The molecule has 1 aromatic rings. The van der Waals surface area contributed by atoms with Crippen LogP contribution < -0.4 is 11.1 Å². The molecule has 0 saturated carbocycles. The van der Waals surface area contributed by atoms with E-state index in [4.69, 9.17) is 5.73 Å². The van der Waals surface area contributed by atoms with Crippen LogP contribution in [-0.4, -0.2) is 12.5 Å². The molecule has 0 unspecified atom stereocenters. The van der Waals surface area contributed by atoms with E-state index in [-0.39, 0.29) is 11.5 Å². The number of nitrogens with two attached hydrogens (primary N) is 1. The highest BCUT2D eigenvalue weighted by molar-refractivity contribution is 5.95. The molecule has 0 saturated heterocycles. The first kappa shape index (κ1) is 16.5. The van der Waals surface area contributed by atoms with Crippen molar-refractivity contribution in [3.05, 3.63) is 29.1 Å². The van der Waals surface area contributed by atoms with Gasteiger partial charge in [-0.25, -0.2) is 4.39 Å². The van der Waals surface area contributed by atoms with Gasteiger partial charge in [0.2, 0.25) is 0 Å². The summed E-state index contributed by atoms with van der Waals surface area (Å²) in [4.78, 5) is 12.1. The van der Waals surface area contributed by atoms with Gasteiger partial charge in [0.15, 0.2) is 0 Å². The predicted molar refractivity (Wildman–Crippen MR) is 81.0 cm³/mol. The maximum absolute atomic E-state index is 13.6. The van der Waals surface area contributed by atoms with Gasteiger partial charge in [-0.05, 0) is 36.8 Å². The smallest absolute Gasteiger partial charge is 0.251 e. The molecular weight excluding hydrogens is 255 g/mol. The fourth-order valence-electron chi connectivity index (χ4n) is 2.39. The minimum atomic E-state index is -0.445. The molecule has 0 fully saturated rings. The molecule has 0 atom stereocenters. The summed E-state index contributed by atoms with van der Waals surface area (Å²) in [7, 11) is 0. The number of benzene rings is 1. The molecule has 0 aliphatic carbocycles. The Bertz CT molecular complexity index is 452. The predicted octanol–water partition coefficient (Wildman–Crippen LogP) is 3.37. The third-order valence-electron chi connectivity index (χ3n) is 3.86. The fraction of sp³-hybridized carbons (Fsp3) is 0.562. The maximum Gasteiger partial charge on any atom is 0.251 e. The average molecular weight is 280 g/mol. The fourth-order valence-corrected chi connectivity index (χ4v) is 2.39. The van der Waals surface area contributed by atoms with Crippen LogP contribution in [0.25, 0.3) is 0 Å². The third-order valence-corrected chi connectivity index (χ3v) is 3.86. The highest BCUT2D eigenvalue weighted by Gasteiger charge is 2.19. The zero-order chi connectivity index (χ0) is 15.4. The lowest BCUT2D eigenvalue weighted by molar-refractivity contribution is 0.0936. The number of hydrogen-bond donors (Lipinski definition) is 2. The number of amides is 1. The van der Waals surface area contributed by atoms with Crippen LogP contribution in [0.4, 0.5) is 10.1 Å². The van der Waals surface area contributed by atoms with E-state index in [1.54, 1.807) is 6.92 Å². The molecule has 0 heterocycles. The second-order valence-corrected chi connectivity index (χ2v) is 6.03. The van der Waals surface area contributed by atoms with Crippen LogP contribution in [0.5, 0.6) is 0 Å². The highest BCUT2D eigenvalue weighted by Crippen LogP contribution is 2.20. The summed E-state index contributed by atoms with van der Waals surface area (Å²) in [5.74, 6) is 0.637. The largest absolute Gasteiger partial charge is 0.398 e. The molecule has 0 aliphatic heterocycles. The summed E-state index contributed by atoms with van der Waals surface area (Å²) in [6, 6.07) is 2.76. The van der Waals surface area contributed by atoms with Gasteiger partial charge in [0.05, 0.1) is 0 Å². The monoisotopic (exact) mass is 280 g/mol. The topological polar surface area (TPSA) is 55.1 Å². The maximum atomic E-state index is 13.6. The number of anilines is 1. The van der Waals surface area contributed by atoms with Crippen LogP contribution in [0, 0.1) is 30.5 Å². The lowest BCUT2D eigenvalue weighted by atomic mass is 9.85. The molecule has 3 nitrogen and oxygen atoms in total. The first-order chi connectivity index (χ1) is 9.23. The van der Waals surface area contributed by atoms with Crippen LogP contribution in [-0.2, 0) is 0 Å². The van der Waals surface area contributed by atoms with Gasteiger partial charge in [-0.2, -0.15) is 0 Å². The first-order valence-electron chi connectivity index (χ1n) is 7.07. The Labute approximate surface area is 120 Å². The van der Waals surface area contributed by atoms with Crippen molar-refractivity contribution in [3.63, 3.8) is 0 Å². The van der Waals surface area contributed by atoms with Gasteiger partial charge in [-0.3, -0.25) is 4.79 Å². The number of nitrogens with one attached hydrogen (secondary N) is 1. The Morgan fingerprint density at radius 3 is 2.25 bits per heavy atom. The molecule has 112 valence electrons. The molecule has 0 aromatic heterocycles. The minimum Gasteiger partial charge on any atom is -0.398 e. The molecule has 1 aromatic carbocycles. The Hall–Kier alpha value is -1.58. The van der Waals surface area contributed by atoms with Gasteiger partial charge in [0.1, 0.15) is 5.82 Å². The van der Waals surface area contributed by atoms with E-state index in [0.717, 1.165) is 0 Å². The molecule has 4 heteroatoms. The normalized spacial score (nSPS) is 11.4. The van der Waals surface area contributed by atoms with E-state index < -0.39 is 5.82 Å². The van der Waals surface area contributed by atoms with Crippen molar-refractivity contribution in [1.82, 2.24) is 5.32 Å². The number of rotatable bonds is 5. The van der Waals surface area contributed by atoms with Gasteiger partial charge >= 0.3 is 0 Å². The lowest BCUT2D eigenvalue weighted by Gasteiger charge is -2.25. The Morgan fingerprint density at radius 2 is 1.80 bits per heavy atom. The van der Waals surface area contributed by atoms with Gasteiger partial charge in [-0.1, -0.05) is 27.7 Å². The summed E-state index contributed by atoms with van der Waals surface area (Å²) in [6.45, 7) is 10.7. The quantitative estimate of drug-likeness (QED) is 0.812. The molecule has 0 spiro atoms.